The molecular formula is C24H23N5O3S. The molecule has 33 heavy (non-hydrogen) atoms. The number of carbonyl (C=O) groups excluding carboxylic acids is 1. The normalized spacial score (nSPS) is 10.6. The van der Waals surface area contributed by atoms with Crippen molar-refractivity contribution in [2.24, 2.45) is 0 Å². The Morgan fingerprint density at radius 1 is 1.00 bits per heavy atom. The molecule has 0 radical (unpaired) electrons. The number of nitrogen functional groups attached to an aromatic ring is 1. The molecule has 0 spiro atoms. The van der Waals surface area contributed by atoms with E-state index in [9.17, 15) is 4.79 Å². The monoisotopic (exact) mass is 461 g/mol. The number of nitrogens with zero attached hydrogens (tertiary/aromatic N) is 3. The second kappa shape index (κ2) is 10.1. The zero-order valence-corrected chi connectivity index (χ0v) is 19.0. The number of hydrogen-bond acceptors (Lipinski definition) is 7. The number of hydrogen-bond donors (Lipinski definition) is 2. The van der Waals surface area contributed by atoms with Gasteiger partial charge in [-0.1, -0.05) is 42.1 Å². The third-order valence-electron chi connectivity index (χ3n) is 4.81. The molecule has 3 aromatic carbocycles. The lowest BCUT2D eigenvalue weighted by atomic mass is 10.2. The van der Waals surface area contributed by atoms with Gasteiger partial charge in [-0.05, 0) is 36.4 Å². The maximum atomic E-state index is 12.7. The molecule has 8 nitrogen and oxygen atoms in total. The third-order valence-corrected chi connectivity index (χ3v) is 5.73. The first-order valence-electron chi connectivity index (χ1n) is 10.1. The molecule has 0 aliphatic heterocycles. The number of carbonyl (C=O) groups is 1. The highest BCUT2D eigenvalue weighted by molar-refractivity contribution is 7.99. The Morgan fingerprint density at radius 2 is 1.82 bits per heavy atom. The predicted octanol–water partition coefficient (Wildman–Crippen LogP) is 4.26. The van der Waals surface area contributed by atoms with Crippen LogP contribution in [0.1, 0.15) is 0 Å². The molecule has 0 unspecified atom stereocenters. The van der Waals surface area contributed by atoms with E-state index in [1.807, 2.05) is 59.2 Å². The number of benzene rings is 3. The number of aromatic nitrogens is 3. The summed E-state index contributed by atoms with van der Waals surface area (Å²) in [6.45, 7) is 0. The minimum atomic E-state index is -0.209. The molecule has 0 saturated heterocycles. The Bertz CT molecular complexity index is 1260. The van der Waals surface area contributed by atoms with Crippen LogP contribution in [0.5, 0.6) is 11.5 Å². The number of para-hydroxylation sites is 1. The summed E-state index contributed by atoms with van der Waals surface area (Å²) in [5.74, 6) is 1.73. The third kappa shape index (κ3) is 5.09. The lowest BCUT2D eigenvalue weighted by molar-refractivity contribution is -0.113. The van der Waals surface area contributed by atoms with Gasteiger partial charge in [-0.15, -0.1) is 10.2 Å². The second-order valence-corrected chi connectivity index (χ2v) is 7.95. The smallest absolute Gasteiger partial charge is 0.234 e. The van der Waals surface area contributed by atoms with Crippen LogP contribution in [0.25, 0.3) is 17.1 Å². The summed E-state index contributed by atoms with van der Waals surface area (Å²) in [5, 5.41) is 12.2. The maximum Gasteiger partial charge on any atom is 0.234 e. The zero-order chi connectivity index (χ0) is 23.2. The summed E-state index contributed by atoms with van der Waals surface area (Å²) in [6.07, 6.45) is 0. The van der Waals surface area contributed by atoms with E-state index in [1.165, 1.54) is 11.8 Å². The summed E-state index contributed by atoms with van der Waals surface area (Å²) < 4.78 is 12.5. The van der Waals surface area contributed by atoms with Crippen LogP contribution in [0.3, 0.4) is 0 Å². The molecule has 168 valence electrons. The Balaban J connectivity index is 1.58. The topological polar surface area (TPSA) is 104 Å². The van der Waals surface area contributed by atoms with Gasteiger partial charge in [-0.3, -0.25) is 9.36 Å². The van der Waals surface area contributed by atoms with Gasteiger partial charge in [0.25, 0.3) is 0 Å². The highest BCUT2D eigenvalue weighted by atomic mass is 32.2. The first kappa shape index (κ1) is 22.2. The summed E-state index contributed by atoms with van der Waals surface area (Å²) in [6, 6.07) is 22.4. The van der Waals surface area contributed by atoms with Crippen LogP contribution in [0, 0.1) is 0 Å². The van der Waals surface area contributed by atoms with Crippen molar-refractivity contribution in [2.45, 2.75) is 5.16 Å². The van der Waals surface area contributed by atoms with Crippen molar-refractivity contribution in [3.63, 3.8) is 0 Å². The summed E-state index contributed by atoms with van der Waals surface area (Å²) in [4.78, 5) is 12.7. The molecule has 0 saturated carbocycles. The molecular weight excluding hydrogens is 438 g/mol. The van der Waals surface area contributed by atoms with Crippen molar-refractivity contribution >= 4 is 29.0 Å². The molecule has 0 fully saturated rings. The van der Waals surface area contributed by atoms with Gasteiger partial charge in [0, 0.05) is 23.0 Å². The number of rotatable bonds is 8. The molecule has 4 rings (SSSR count). The average Bonchev–Trinajstić information content (AvgIpc) is 3.27. The summed E-state index contributed by atoms with van der Waals surface area (Å²) >= 11 is 1.29. The zero-order valence-electron chi connectivity index (χ0n) is 18.2. The summed E-state index contributed by atoms with van der Waals surface area (Å²) in [5.41, 5.74) is 8.87. The number of nitrogens with one attached hydrogen (secondary N) is 1. The minimum absolute atomic E-state index is 0.127. The van der Waals surface area contributed by atoms with Gasteiger partial charge in [-0.2, -0.15) is 0 Å². The largest absolute Gasteiger partial charge is 0.497 e. The van der Waals surface area contributed by atoms with Crippen molar-refractivity contribution in [1.29, 1.82) is 0 Å². The number of nitrogens with two attached hydrogens (primary N) is 1. The lowest BCUT2D eigenvalue weighted by Gasteiger charge is -2.12. The van der Waals surface area contributed by atoms with Crippen molar-refractivity contribution in [3.8, 4) is 28.6 Å². The Labute approximate surface area is 195 Å². The van der Waals surface area contributed by atoms with E-state index in [4.69, 9.17) is 15.2 Å². The predicted molar refractivity (Wildman–Crippen MR) is 130 cm³/mol. The number of methoxy groups -OCH3 is 2. The molecule has 1 heterocycles. The second-order valence-electron chi connectivity index (χ2n) is 7.01. The lowest BCUT2D eigenvalue weighted by Crippen LogP contribution is -2.15. The first-order chi connectivity index (χ1) is 16.1. The molecule has 0 aliphatic rings. The molecule has 0 bridgehead atoms. The molecule has 0 atom stereocenters. The van der Waals surface area contributed by atoms with Crippen molar-refractivity contribution < 1.29 is 14.3 Å². The highest BCUT2D eigenvalue weighted by Crippen LogP contribution is 2.31. The van der Waals surface area contributed by atoms with E-state index in [0.717, 1.165) is 11.3 Å². The van der Waals surface area contributed by atoms with Crippen molar-refractivity contribution in [2.75, 3.05) is 31.0 Å². The van der Waals surface area contributed by atoms with Crippen LogP contribution < -0.4 is 20.5 Å². The van der Waals surface area contributed by atoms with Gasteiger partial charge in [0.1, 0.15) is 11.5 Å². The number of ether oxygens (including phenoxy) is 2. The average molecular weight is 462 g/mol. The van der Waals surface area contributed by atoms with Crippen LogP contribution in [0.4, 0.5) is 11.4 Å². The fourth-order valence-electron chi connectivity index (χ4n) is 3.27. The van der Waals surface area contributed by atoms with Gasteiger partial charge in [0.2, 0.25) is 5.91 Å². The SMILES string of the molecule is COc1ccc(OC)c(NC(=O)CSc2nnc(-c3cccc(N)c3)n2-c2ccccc2)c1. The van der Waals surface area contributed by atoms with Gasteiger partial charge in [0.15, 0.2) is 11.0 Å². The number of amides is 1. The van der Waals surface area contributed by atoms with Crippen LogP contribution in [-0.2, 0) is 4.79 Å². The fourth-order valence-corrected chi connectivity index (χ4v) is 4.02. The van der Waals surface area contributed by atoms with E-state index < -0.39 is 0 Å². The van der Waals surface area contributed by atoms with Crippen LogP contribution in [0.15, 0.2) is 78.0 Å². The van der Waals surface area contributed by atoms with Gasteiger partial charge < -0.3 is 20.5 Å². The van der Waals surface area contributed by atoms with Crippen LogP contribution in [-0.4, -0.2) is 40.6 Å². The van der Waals surface area contributed by atoms with Crippen LogP contribution >= 0.6 is 11.8 Å². The summed E-state index contributed by atoms with van der Waals surface area (Å²) in [7, 11) is 3.12. The van der Waals surface area contributed by atoms with Gasteiger partial charge in [-0.25, -0.2) is 0 Å². The van der Waals surface area contributed by atoms with Gasteiger partial charge >= 0.3 is 0 Å². The highest BCUT2D eigenvalue weighted by Gasteiger charge is 2.18. The molecule has 3 N–H and O–H groups in total. The molecule has 1 aromatic heterocycles. The van der Waals surface area contributed by atoms with Gasteiger partial charge in [0.05, 0.1) is 25.7 Å². The molecule has 4 aromatic rings. The van der Waals surface area contributed by atoms with E-state index in [0.29, 0.717) is 33.9 Å². The fraction of sp³-hybridized carbons (Fsp3) is 0.125. The number of anilines is 2. The van der Waals surface area contributed by atoms with E-state index in [2.05, 4.69) is 15.5 Å². The van der Waals surface area contributed by atoms with Crippen molar-refractivity contribution in [1.82, 2.24) is 14.8 Å². The standard InChI is InChI=1S/C24H23N5O3S/c1-31-19-11-12-21(32-2)20(14-19)26-22(30)15-33-24-28-27-23(16-7-6-8-17(25)13-16)29(24)18-9-4-3-5-10-18/h3-14H,15,25H2,1-2H3,(H,26,30). The van der Waals surface area contributed by atoms with Crippen LogP contribution in [0.2, 0.25) is 0 Å². The first-order valence-corrected chi connectivity index (χ1v) is 11.1. The van der Waals surface area contributed by atoms with Crippen molar-refractivity contribution in [3.05, 3.63) is 72.8 Å². The Hall–Kier alpha value is -3.98. The Morgan fingerprint density at radius 3 is 2.55 bits per heavy atom. The number of thioether (sulfide) groups is 1. The van der Waals surface area contributed by atoms with E-state index >= 15 is 0 Å². The molecule has 1 amide bonds. The van der Waals surface area contributed by atoms with E-state index in [1.54, 1.807) is 32.4 Å². The molecule has 0 aliphatic carbocycles. The molecule has 9 heteroatoms. The quantitative estimate of drug-likeness (QED) is 0.298. The maximum absolute atomic E-state index is 12.7. The minimum Gasteiger partial charge on any atom is -0.497 e. The van der Waals surface area contributed by atoms with E-state index in [-0.39, 0.29) is 11.7 Å². The Kier molecular flexibility index (Phi) is 6.80.